The minimum absolute atomic E-state index is 0.0816. The number of esters is 1. The number of amides is 1. The molecule has 2 aromatic rings. The first kappa shape index (κ1) is 18.0. The van der Waals surface area contributed by atoms with Gasteiger partial charge in [-0.1, -0.05) is 29.8 Å². The number of ether oxygens (including phenoxy) is 3. The lowest BCUT2D eigenvalue weighted by atomic mass is 10.2. The van der Waals surface area contributed by atoms with Gasteiger partial charge in [-0.05, 0) is 24.3 Å². The van der Waals surface area contributed by atoms with Crippen LogP contribution in [0, 0.1) is 5.82 Å². The fourth-order valence-corrected chi connectivity index (χ4v) is 2.58. The molecule has 6 nitrogen and oxygen atoms in total. The van der Waals surface area contributed by atoms with Crippen LogP contribution in [0.15, 0.2) is 42.5 Å². The zero-order valence-electron chi connectivity index (χ0n) is 13.5. The fourth-order valence-electron chi connectivity index (χ4n) is 2.34. The molecule has 0 aromatic heterocycles. The number of carbonyl (C=O) groups is 2. The van der Waals surface area contributed by atoms with E-state index in [4.69, 9.17) is 25.8 Å². The van der Waals surface area contributed by atoms with E-state index in [-0.39, 0.29) is 24.3 Å². The molecule has 1 aliphatic rings. The molecule has 0 fully saturated rings. The van der Waals surface area contributed by atoms with E-state index in [2.05, 4.69) is 5.32 Å². The standard InChI is InChI=1S/C18H15ClFNO5/c19-12-4-3-5-13(20)17(12)18(23)25-10-16(22)21-8-11-9-24-14-6-1-2-7-15(14)26-11/h1-7,11H,8-10H2,(H,21,22)/t11-/m1/s1. The van der Waals surface area contributed by atoms with Crippen molar-refractivity contribution < 1.29 is 28.2 Å². The van der Waals surface area contributed by atoms with Crippen LogP contribution in [0.25, 0.3) is 0 Å². The summed E-state index contributed by atoms with van der Waals surface area (Å²) in [6, 6.07) is 11.0. The van der Waals surface area contributed by atoms with E-state index in [1.54, 1.807) is 12.1 Å². The molecule has 0 unspecified atom stereocenters. The highest BCUT2D eigenvalue weighted by molar-refractivity contribution is 6.33. The second-order valence-electron chi connectivity index (χ2n) is 5.47. The minimum Gasteiger partial charge on any atom is -0.486 e. The van der Waals surface area contributed by atoms with Gasteiger partial charge in [0.25, 0.3) is 5.91 Å². The number of nitrogens with one attached hydrogen (secondary N) is 1. The number of fused-ring (bicyclic) bond motifs is 1. The monoisotopic (exact) mass is 379 g/mol. The smallest absolute Gasteiger partial charge is 0.343 e. The average molecular weight is 380 g/mol. The second-order valence-corrected chi connectivity index (χ2v) is 5.88. The summed E-state index contributed by atoms with van der Waals surface area (Å²) >= 11 is 5.77. The molecule has 8 heteroatoms. The zero-order chi connectivity index (χ0) is 18.5. The van der Waals surface area contributed by atoms with Gasteiger partial charge in [0.2, 0.25) is 0 Å². The predicted molar refractivity (Wildman–Crippen MR) is 91.1 cm³/mol. The Bertz CT molecular complexity index is 809. The Hall–Kier alpha value is -2.80. The van der Waals surface area contributed by atoms with Gasteiger partial charge in [0.05, 0.1) is 11.6 Å². The van der Waals surface area contributed by atoms with Crippen molar-refractivity contribution in [1.82, 2.24) is 5.32 Å². The van der Waals surface area contributed by atoms with E-state index in [9.17, 15) is 14.0 Å². The number of hydrogen-bond acceptors (Lipinski definition) is 5. The molecule has 1 N–H and O–H groups in total. The third kappa shape index (κ3) is 4.23. The molecule has 1 atom stereocenters. The lowest BCUT2D eigenvalue weighted by Crippen LogP contribution is -2.42. The third-order valence-corrected chi connectivity index (χ3v) is 3.91. The van der Waals surface area contributed by atoms with Crippen LogP contribution in [-0.2, 0) is 9.53 Å². The predicted octanol–water partition coefficient (Wildman–Crippen LogP) is 2.59. The Labute approximate surface area is 153 Å². The second kappa shape index (κ2) is 8.05. The van der Waals surface area contributed by atoms with Crippen LogP contribution < -0.4 is 14.8 Å². The number of para-hydroxylation sites is 2. The molecular weight excluding hydrogens is 365 g/mol. The number of rotatable bonds is 5. The first-order valence-corrected chi connectivity index (χ1v) is 8.18. The van der Waals surface area contributed by atoms with Crippen molar-refractivity contribution >= 4 is 23.5 Å². The van der Waals surface area contributed by atoms with Crippen LogP contribution in [-0.4, -0.2) is 37.7 Å². The maximum atomic E-state index is 13.6. The highest BCUT2D eigenvalue weighted by atomic mass is 35.5. The van der Waals surface area contributed by atoms with Gasteiger partial charge in [-0.15, -0.1) is 0 Å². The van der Waals surface area contributed by atoms with E-state index in [1.807, 2.05) is 12.1 Å². The van der Waals surface area contributed by atoms with Crippen LogP contribution in [0.3, 0.4) is 0 Å². The molecule has 0 radical (unpaired) electrons. The largest absolute Gasteiger partial charge is 0.486 e. The first-order valence-electron chi connectivity index (χ1n) is 7.81. The van der Waals surface area contributed by atoms with Crippen LogP contribution in [0.4, 0.5) is 4.39 Å². The van der Waals surface area contributed by atoms with Crippen molar-refractivity contribution in [2.45, 2.75) is 6.10 Å². The van der Waals surface area contributed by atoms with Gasteiger partial charge in [-0.25, -0.2) is 9.18 Å². The molecule has 0 spiro atoms. The quantitative estimate of drug-likeness (QED) is 0.808. The van der Waals surface area contributed by atoms with E-state index < -0.39 is 29.9 Å². The normalized spacial score (nSPS) is 15.2. The Kier molecular flexibility index (Phi) is 5.58. The molecule has 1 amide bonds. The van der Waals surface area contributed by atoms with Crippen molar-refractivity contribution in [1.29, 1.82) is 0 Å². The zero-order valence-corrected chi connectivity index (χ0v) is 14.3. The van der Waals surface area contributed by atoms with Gasteiger partial charge in [-0.2, -0.15) is 0 Å². The van der Waals surface area contributed by atoms with Crippen LogP contribution in [0.1, 0.15) is 10.4 Å². The van der Waals surface area contributed by atoms with E-state index >= 15 is 0 Å². The maximum absolute atomic E-state index is 13.6. The van der Waals surface area contributed by atoms with E-state index in [0.29, 0.717) is 11.5 Å². The van der Waals surface area contributed by atoms with Crippen molar-refractivity contribution in [2.24, 2.45) is 0 Å². The molecule has 0 saturated heterocycles. The lowest BCUT2D eigenvalue weighted by Gasteiger charge is -2.26. The number of hydrogen-bond donors (Lipinski definition) is 1. The van der Waals surface area contributed by atoms with Gasteiger partial charge in [0.1, 0.15) is 24.1 Å². The lowest BCUT2D eigenvalue weighted by molar-refractivity contribution is -0.124. The summed E-state index contributed by atoms with van der Waals surface area (Å²) < 4.78 is 29.6. The molecule has 0 saturated carbocycles. The topological polar surface area (TPSA) is 73.9 Å². The van der Waals surface area contributed by atoms with Crippen molar-refractivity contribution in [3.8, 4) is 11.5 Å². The molecule has 3 rings (SSSR count). The highest BCUT2D eigenvalue weighted by Crippen LogP contribution is 2.30. The van der Waals surface area contributed by atoms with Gasteiger partial charge < -0.3 is 19.5 Å². The highest BCUT2D eigenvalue weighted by Gasteiger charge is 2.22. The molecule has 0 bridgehead atoms. The summed E-state index contributed by atoms with van der Waals surface area (Å²) in [7, 11) is 0. The Morgan fingerprint density at radius 3 is 2.73 bits per heavy atom. The molecule has 1 aliphatic heterocycles. The van der Waals surface area contributed by atoms with E-state index in [1.165, 1.54) is 12.1 Å². The molecule has 2 aromatic carbocycles. The SMILES string of the molecule is O=C(COC(=O)c1c(F)cccc1Cl)NC[C@@H]1COc2ccccc2O1. The summed E-state index contributed by atoms with van der Waals surface area (Å²) in [5, 5.41) is 2.49. The van der Waals surface area contributed by atoms with Crippen LogP contribution in [0.2, 0.25) is 5.02 Å². The fraction of sp³-hybridized carbons (Fsp3) is 0.222. The van der Waals surface area contributed by atoms with E-state index in [0.717, 1.165) is 6.07 Å². The summed E-state index contributed by atoms with van der Waals surface area (Å²) in [5.41, 5.74) is -0.400. The minimum atomic E-state index is -1.01. The van der Waals surface area contributed by atoms with Crippen LogP contribution >= 0.6 is 11.6 Å². The Morgan fingerprint density at radius 1 is 1.19 bits per heavy atom. The van der Waals surface area contributed by atoms with Gasteiger partial charge in [-0.3, -0.25) is 4.79 Å². The number of halogens is 2. The van der Waals surface area contributed by atoms with Gasteiger partial charge in [0, 0.05) is 0 Å². The maximum Gasteiger partial charge on any atom is 0.343 e. The number of benzene rings is 2. The first-order chi connectivity index (χ1) is 12.5. The van der Waals surface area contributed by atoms with Crippen LogP contribution in [0.5, 0.6) is 11.5 Å². The summed E-state index contributed by atoms with van der Waals surface area (Å²) in [6.07, 6.45) is -0.370. The summed E-state index contributed by atoms with van der Waals surface area (Å²) in [5.74, 6) is -1.12. The molecule has 136 valence electrons. The molecule has 1 heterocycles. The van der Waals surface area contributed by atoms with Crippen molar-refractivity contribution in [3.63, 3.8) is 0 Å². The average Bonchev–Trinajstić information content (AvgIpc) is 2.64. The molecular formula is C18H15ClFNO5. The molecule has 26 heavy (non-hydrogen) atoms. The summed E-state index contributed by atoms with van der Waals surface area (Å²) in [4.78, 5) is 23.7. The molecule has 0 aliphatic carbocycles. The Morgan fingerprint density at radius 2 is 1.96 bits per heavy atom. The third-order valence-electron chi connectivity index (χ3n) is 3.60. The van der Waals surface area contributed by atoms with Gasteiger partial charge >= 0.3 is 5.97 Å². The number of carbonyl (C=O) groups excluding carboxylic acids is 2. The van der Waals surface area contributed by atoms with Crippen molar-refractivity contribution in [2.75, 3.05) is 19.8 Å². The summed E-state index contributed by atoms with van der Waals surface area (Å²) in [6.45, 7) is -0.110. The van der Waals surface area contributed by atoms with Gasteiger partial charge in [0.15, 0.2) is 18.1 Å². The Balaban J connectivity index is 1.46. The van der Waals surface area contributed by atoms with Crippen molar-refractivity contribution in [3.05, 3.63) is 58.9 Å².